The summed E-state index contributed by atoms with van der Waals surface area (Å²) in [6.07, 6.45) is 2.72. The third kappa shape index (κ3) is 6.48. The number of nitrogens with zero attached hydrogens (tertiary/aromatic N) is 3. The first-order chi connectivity index (χ1) is 16.8. The summed E-state index contributed by atoms with van der Waals surface area (Å²) >= 11 is 13.4. The van der Waals surface area contributed by atoms with Gasteiger partial charge in [0.2, 0.25) is 0 Å². The molecule has 0 aliphatic carbocycles. The fraction of sp³-hybridized carbons (Fsp3) is 0.556. The van der Waals surface area contributed by atoms with Crippen LogP contribution in [-0.2, 0) is 29.5 Å². The molecule has 1 aromatic carbocycles. The minimum Gasteiger partial charge on any atom is -0.469 e. The number of hydrogen-bond acceptors (Lipinski definition) is 4. The highest BCUT2D eigenvalue weighted by atomic mass is 35.5. The van der Waals surface area contributed by atoms with E-state index in [2.05, 4.69) is 4.90 Å². The van der Waals surface area contributed by atoms with Gasteiger partial charge in [-0.25, -0.2) is 13.8 Å². The van der Waals surface area contributed by atoms with Crippen LogP contribution in [0.15, 0.2) is 17.7 Å². The molecule has 0 bridgehead atoms. The maximum atomic E-state index is 13.9. The minimum absolute atomic E-state index is 0.00340. The Kier molecular flexibility index (Phi) is 9.23. The lowest BCUT2D eigenvalue weighted by Crippen LogP contribution is -2.34. The van der Waals surface area contributed by atoms with Crippen molar-refractivity contribution in [2.24, 2.45) is 13.0 Å². The number of methoxy groups -OCH3 is 1. The Morgan fingerprint density at radius 2 is 1.86 bits per heavy atom. The van der Waals surface area contributed by atoms with Gasteiger partial charge in [-0.05, 0) is 75.4 Å². The average Bonchev–Trinajstić information content (AvgIpc) is 3.11. The molecule has 36 heavy (non-hydrogen) atoms. The van der Waals surface area contributed by atoms with Crippen LogP contribution in [0.3, 0.4) is 0 Å². The molecule has 1 aliphatic rings. The van der Waals surface area contributed by atoms with Crippen LogP contribution in [0.5, 0.6) is 0 Å². The molecule has 2 heterocycles. The number of likely N-dealkylation sites (tertiary alicyclic amines) is 1. The Bertz CT molecular complexity index is 1150. The summed E-state index contributed by atoms with van der Waals surface area (Å²) in [6.45, 7) is 8.35. The number of piperidine rings is 1. The zero-order valence-electron chi connectivity index (χ0n) is 21.9. The summed E-state index contributed by atoms with van der Waals surface area (Å²) in [5.74, 6) is -2.02. The second kappa shape index (κ2) is 11.6. The van der Waals surface area contributed by atoms with E-state index in [9.17, 15) is 13.6 Å². The van der Waals surface area contributed by atoms with Crippen molar-refractivity contribution in [1.29, 1.82) is 0 Å². The quantitative estimate of drug-likeness (QED) is 0.343. The molecular weight excluding hydrogens is 507 g/mol. The number of carbonyl (C=O) groups is 1. The number of halogens is 4. The van der Waals surface area contributed by atoms with Gasteiger partial charge in [0.05, 0.1) is 17.8 Å². The molecule has 1 aliphatic heterocycles. The first-order valence-corrected chi connectivity index (χ1v) is 12.9. The van der Waals surface area contributed by atoms with Crippen LogP contribution < -0.4 is 0 Å². The fourth-order valence-corrected chi connectivity index (χ4v) is 5.22. The van der Waals surface area contributed by atoms with Crippen LogP contribution in [0.2, 0.25) is 10.0 Å². The van der Waals surface area contributed by atoms with E-state index in [0.29, 0.717) is 52.4 Å². The van der Waals surface area contributed by atoms with Crippen molar-refractivity contribution in [2.75, 3.05) is 20.2 Å². The highest BCUT2D eigenvalue weighted by Crippen LogP contribution is 2.34. The molecule has 0 radical (unpaired) electrons. The summed E-state index contributed by atoms with van der Waals surface area (Å²) in [4.78, 5) is 18.6. The van der Waals surface area contributed by atoms with E-state index >= 15 is 0 Å². The first kappa shape index (κ1) is 28.6. The van der Waals surface area contributed by atoms with Crippen molar-refractivity contribution in [1.82, 2.24) is 14.5 Å². The second-order valence-corrected chi connectivity index (χ2v) is 10.6. The van der Waals surface area contributed by atoms with E-state index in [1.165, 1.54) is 14.0 Å². The zero-order valence-corrected chi connectivity index (χ0v) is 23.4. The first-order valence-electron chi connectivity index (χ1n) is 12.2. The predicted octanol–water partition coefficient (Wildman–Crippen LogP) is 6.85. The molecule has 9 heteroatoms. The van der Waals surface area contributed by atoms with Gasteiger partial charge >= 0.3 is 5.97 Å². The lowest BCUT2D eigenvalue weighted by molar-refractivity contribution is -0.142. The monoisotopic (exact) mass is 541 g/mol. The van der Waals surface area contributed by atoms with E-state index in [1.807, 2.05) is 30.7 Å². The van der Waals surface area contributed by atoms with Crippen LogP contribution in [0.4, 0.5) is 8.78 Å². The molecule has 0 amide bonds. The molecule has 0 unspecified atom stereocenters. The van der Waals surface area contributed by atoms with Gasteiger partial charge in [-0.1, -0.05) is 29.3 Å². The highest BCUT2D eigenvalue weighted by molar-refractivity contribution is 6.36. The SMILES string of the molecule is COC(=O)CC1CCN(Cc2ccc(Cl)c(Cc3nc(/C(C)=C(\C)C(C)(F)F)c(C)n3C)c2Cl)CC1. The number of ether oxygens (including phenoxy) is 1. The largest absolute Gasteiger partial charge is 0.469 e. The molecule has 0 saturated carbocycles. The molecular formula is C27H35Cl2F2N3O2. The molecule has 0 N–H and O–H groups in total. The normalized spacial score (nSPS) is 16.3. The van der Waals surface area contributed by atoms with E-state index in [1.54, 1.807) is 6.92 Å². The van der Waals surface area contributed by atoms with Crippen molar-refractivity contribution in [3.05, 3.63) is 56.1 Å². The van der Waals surface area contributed by atoms with E-state index < -0.39 is 5.92 Å². The number of benzene rings is 1. The Balaban J connectivity index is 1.80. The van der Waals surface area contributed by atoms with Gasteiger partial charge < -0.3 is 9.30 Å². The highest BCUT2D eigenvalue weighted by Gasteiger charge is 2.28. The Hall–Kier alpha value is -1.96. The molecule has 1 saturated heterocycles. The molecule has 3 rings (SSSR count). The summed E-state index contributed by atoms with van der Waals surface area (Å²) in [5.41, 5.74) is 3.60. The van der Waals surface area contributed by atoms with Crippen LogP contribution in [0.25, 0.3) is 5.57 Å². The molecule has 0 spiro atoms. The third-order valence-corrected chi connectivity index (χ3v) is 8.26. The smallest absolute Gasteiger partial charge is 0.305 e. The van der Waals surface area contributed by atoms with Gasteiger partial charge in [-0.3, -0.25) is 9.69 Å². The van der Waals surface area contributed by atoms with Crippen molar-refractivity contribution < 1.29 is 18.3 Å². The van der Waals surface area contributed by atoms with Crippen LogP contribution >= 0.6 is 23.2 Å². The molecule has 1 fully saturated rings. The lowest BCUT2D eigenvalue weighted by Gasteiger charge is -2.31. The number of allylic oxidation sites excluding steroid dienone is 2. The van der Waals surface area contributed by atoms with Crippen molar-refractivity contribution >= 4 is 34.7 Å². The number of imidazole rings is 1. The Labute approximate surface area is 222 Å². The van der Waals surface area contributed by atoms with E-state index in [-0.39, 0.29) is 11.5 Å². The van der Waals surface area contributed by atoms with Gasteiger partial charge in [-0.15, -0.1) is 0 Å². The summed E-state index contributed by atoms with van der Waals surface area (Å²) in [7, 11) is 3.30. The molecule has 1 aromatic heterocycles. The Morgan fingerprint density at radius 3 is 2.44 bits per heavy atom. The number of esters is 1. The molecule has 2 aromatic rings. The summed E-state index contributed by atoms with van der Waals surface area (Å²) in [6, 6.07) is 3.80. The number of aromatic nitrogens is 2. The van der Waals surface area contributed by atoms with Gasteiger partial charge in [0.15, 0.2) is 0 Å². The number of carbonyl (C=O) groups excluding carboxylic acids is 1. The summed E-state index contributed by atoms with van der Waals surface area (Å²) in [5, 5.41) is 1.15. The maximum absolute atomic E-state index is 13.9. The van der Waals surface area contributed by atoms with Crippen molar-refractivity contribution in [3.63, 3.8) is 0 Å². The molecule has 5 nitrogen and oxygen atoms in total. The third-order valence-electron chi connectivity index (χ3n) is 7.44. The van der Waals surface area contributed by atoms with Crippen LogP contribution in [0.1, 0.15) is 68.4 Å². The lowest BCUT2D eigenvalue weighted by atomic mass is 9.93. The van der Waals surface area contributed by atoms with Crippen molar-refractivity contribution in [2.45, 2.75) is 65.8 Å². The maximum Gasteiger partial charge on any atom is 0.305 e. The van der Waals surface area contributed by atoms with Gasteiger partial charge in [-0.2, -0.15) is 0 Å². The standard InChI is InChI=1S/C27H35Cl2F2N3O2/c1-16(17(2)27(4,30)31)26-18(3)33(5)23(32-26)14-21-22(28)8-7-20(25(21)29)15-34-11-9-19(10-12-34)13-24(35)36-6/h7-8,19H,9-15H2,1-6H3/b17-16+. The van der Waals surface area contributed by atoms with Gasteiger partial charge in [0.25, 0.3) is 5.92 Å². The van der Waals surface area contributed by atoms with Crippen LogP contribution in [-0.4, -0.2) is 46.5 Å². The topological polar surface area (TPSA) is 47.4 Å². The number of rotatable bonds is 8. The van der Waals surface area contributed by atoms with Crippen molar-refractivity contribution in [3.8, 4) is 0 Å². The predicted molar refractivity (Wildman–Crippen MR) is 141 cm³/mol. The number of hydrogen-bond donors (Lipinski definition) is 0. The zero-order chi connectivity index (χ0) is 26.8. The Morgan fingerprint density at radius 1 is 1.22 bits per heavy atom. The minimum atomic E-state index is -2.91. The van der Waals surface area contributed by atoms with Gasteiger partial charge in [0, 0.05) is 49.6 Å². The average molecular weight is 542 g/mol. The van der Waals surface area contributed by atoms with Gasteiger partial charge in [0.1, 0.15) is 5.82 Å². The van der Waals surface area contributed by atoms with Crippen LogP contribution in [0, 0.1) is 12.8 Å². The van der Waals surface area contributed by atoms with E-state index in [0.717, 1.165) is 49.7 Å². The summed E-state index contributed by atoms with van der Waals surface area (Å²) < 4.78 is 34.5. The molecule has 198 valence electrons. The number of alkyl halides is 2. The molecule has 0 atom stereocenters. The second-order valence-electron chi connectivity index (χ2n) is 9.84. The fourth-order valence-electron chi connectivity index (χ4n) is 4.65. The van der Waals surface area contributed by atoms with E-state index in [4.69, 9.17) is 32.9 Å².